The van der Waals surface area contributed by atoms with E-state index >= 15 is 0 Å². The van der Waals surface area contributed by atoms with Gasteiger partial charge in [-0.1, -0.05) is 0 Å². The summed E-state index contributed by atoms with van der Waals surface area (Å²) in [5.41, 5.74) is 2.88. The number of fused-ring (bicyclic) bond motifs is 3. The third kappa shape index (κ3) is 1.68. The summed E-state index contributed by atoms with van der Waals surface area (Å²) >= 11 is 3.20. The van der Waals surface area contributed by atoms with Crippen LogP contribution in [-0.2, 0) is 6.42 Å². The van der Waals surface area contributed by atoms with Crippen molar-refractivity contribution in [2.24, 2.45) is 0 Å². The molecule has 94 valence electrons. The van der Waals surface area contributed by atoms with Crippen LogP contribution in [0.1, 0.15) is 9.88 Å². The van der Waals surface area contributed by atoms with Crippen LogP contribution in [0, 0.1) is 0 Å². The van der Waals surface area contributed by atoms with E-state index < -0.39 is 0 Å². The van der Waals surface area contributed by atoms with Crippen LogP contribution in [0.5, 0.6) is 0 Å². The topological polar surface area (TPSA) is 87.3 Å². The van der Waals surface area contributed by atoms with Gasteiger partial charge in [-0.05, 0) is 0 Å². The summed E-state index contributed by atoms with van der Waals surface area (Å²) in [5.74, 6) is 0. The van der Waals surface area contributed by atoms with Crippen molar-refractivity contribution in [1.82, 2.24) is 25.1 Å². The summed E-state index contributed by atoms with van der Waals surface area (Å²) in [6.45, 7) is 0. The van der Waals surface area contributed by atoms with Gasteiger partial charge >= 0.3 is 0 Å². The van der Waals surface area contributed by atoms with Gasteiger partial charge in [-0.25, -0.2) is 10.1 Å². The Bertz CT molecular complexity index is 918. The van der Waals surface area contributed by atoms with Crippen molar-refractivity contribution in [2.45, 2.75) is 6.42 Å². The van der Waals surface area contributed by atoms with Crippen LogP contribution in [0.15, 0.2) is 22.7 Å². The molecule has 0 saturated carbocycles. The molecule has 0 bridgehead atoms. The number of H-pyrrole nitrogens is 2. The van der Waals surface area contributed by atoms with Crippen LogP contribution in [-0.4, -0.2) is 25.1 Å². The van der Waals surface area contributed by atoms with E-state index in [-0.39, 0.29) is 5.56 Å². The van der Waals surface area contributed by atoms with Gasteiger partial charge in [-0.3, -0.25) is 9.78 Å². The van der Waals surface area contributed by atoms with Crippen molar-refractivity contribution >= 4 is 43.9 Å². The first-order valence-corrected chi connectivity index (χ1v) is 7.23. The number of nitrogens with one attached hydrogen (secondary N) is 2. The van der Waals surface area contributed by atoms with Gasteiger partial charge in [0, 0.05) is 22.9 Å². The van der Waals surface area contributed by atoms with E-state index in [1.807, 2.05) is 11.7 Å². The molecule has 0 aliphatic carbocycles. The summed E-state index contributed by atoms with van der Waals surface area (Å²) in [6, 6.07) is 0. The summed E-state index contributed by atoms with van der Waals surface area (Å²) in [5, 5.41) is 8.08. The van der Waals surface area contributed by atoms with Crippen molar-refractivity contribution < 1.29 is 0 Å². The minimum atomic E-state index is -0.216. The number of aromatic nitrogens is 5. The van der Waals surface area contributed by atoms with Crippen LogP contribution in [0.4, 0.5) is 0 Å². The highest BCUT2D eigenvalue weighted by molar-refractivity contribution is 7.19. The first-order chi connectivity index (χ1) is 9.31. The standard InChI is InChI=1S/C11H7N5OS2/c17-11-8-6(3-13-16-11)9-10(15-8)14-7(19-9)1-5-2-12-4-18-5/h2-4,15H,1H2,(H,16,17). The average Bonchev–Trinajstić information content (AvgIpc) is 3.07. The second-order valence-electron chi connectivity index (χ2n) is 4.04. The molecule has 0 fully saturated rings. The second-order valence-corrected chi connectivity index (χ2v) is 6.10. The van der Waals surface area contributed by atoms with Crippen LogP contribution in [0.2, 0.25) is 0 Å². The molecule has 8 heteroatoms. The fourth-order valence-electron chi connectivity index (χ4n) is 2.00. The molecule has 4 aromatic heterocycles. The van der Waals surface area contributed by atoms with Gasteiger partial charge < -0.3 is 4.98 Å². The Morgan fingerprint density at radius 2 is 2.26 bits per heavy atom. The maximum atomic E-state index is 11.6. The molecule has 2 N–H and O–H groups in total. The van der Waals surface area contributed by atoms with E-state index in [2.05, 4.69) is 25.1 Å². The van der Waals surface area contributed by atoms with Gasteiger partial charge in [0.25, 0.3) is 5.56 Å². The Kier molecular flexibility index (Phi) is 2.26. The molecule has 0 aromatic carbocycles. The Morgan fingerprint density at radius 1 is 1.32 bits per heavy atom. The maximum Gasteiger partial charge on any atom is 0.288 e. The minimum Gasteiger partial charge on any atom is -0.334 e. The largest absolute Gasteiger partial charge is 0.334 e. The van der Waals surface area contributed by atoms with Gasteiger partial charge in [-0.2, -0.15) is 5.10 Å². The number of thiazole rings is 2. The summed E-state index contributed by atoms with van der Waals surface area (Å²) in [4.78, 5) is 24.4. The quantitative estimate of drug-likeness (QED) is 0.590. The molecule has 0 aliphatic heterocycles. The Labute approximate surface area is 114 Å². The molecule has 0 spiro atoms. The lowest BCUT2D eigenvalue weighted by molar-refractivity contribution is 1.01. The third-order valence-electron chi connectivity index (χ3n) is 2.82. The van der Waals surface area contributed by atoms with Gasteiger partial charge in [0.15, 0.2) is 0 Å². The lowest BCUT2D eigenvalue weighted by Crippen LogP contribution is -2.06. The third-order valence-corrected chi connectivity index (χ3v) is 4.69. The van der Waals surface area contributed by atoms with Crippen LogP contribution < -0.4 is 5.56 Å². The zero-order chi connectivity index (χ0) is 12.8. The molecule has 0 aliphatic rings. The normalized spacial score (nSPS) is 11.6. The highest BCUT2D eigenvalue weighted by Gasteiger charge is 2.13. The summed E-state index contributed by atoms with van der Waals surface area (Å²) in [6.07, 6.45) is 4.28. The van der Waals surface area contributed by atoms with E-state index in [1.165, 1.54) is 4.88 Å². The van der Waals surface area contributed by atoms with Gasteiger partial charge in [0.2, 0.25) is 0 Å². The highest BCUT2D eigenvalue weighted by atomic mass is 32.1. The molecular formula is C11H7N5OS2. The number of rotatable bonds is 2. The first kappa shape index (κ1) is 10.8. The first-order valence-electron chi connectivity index (χ1n) is 5.53. The predicted molar refractivity (Wildman–Crippen MR) is 74.8 cm³/mol. The van der Waals surface area contributed by atoms with Crippen molar-refractivity contribution in [3.05, 3.63) is 38.1 Å². The average molecular weight is 289 g/mol. The maximum absolute atomic E-state index is 11.6. The SMILES string of the molecule is O=c1[nH]ncc2c1[nH]c1nc(Cc3cncs3)sc12. The molecule has 4 rings (SSSR count). The number of hydrogen-bond donors (Lipinski definition) is 2. The monoisotopic (exact) mass is 289 g/mol. The molecule has 0 unspecified atom stereocenters. The van der Waals surface area contributed by atoms with Crippen molar-refractivity contribution in [3.63, 3.8) is 0 Å². The fraction of sp³-hybridized carbons (Fsp3) is 0.0909. The number of aromatic amines is 2. The Hall–Kier alpha value is -2.06. The molecule has 0 atom stereocenters. The van der Waals surface area contributed by atoms with Crippen LogP contribution in [0.25, 0.3) is 21.3 Å². The molecule has 19 heavy (non-hydrogen) atoms. The lowest BCUT2D eigenvalue weighted by atomic mass is 10.4. The Balaban J connectivity index is 1.88. The summed E-state index contributed by atoms with van der Waals surface area (Å²) in [7, 11) is 0. The molecule has 6 nitrogen and oxygen atoms in total. The van der Waals surface area contributed by atoms with Crippen LogP contribution >= 0.6 is 22.7 Å². The fourth-order valence-corrected chi connectivity index (χ4v) is 3.75. The van der Waals surface area contributed by atoms with Crippen molar-refractivity contribution in [3.8, 4) is 0 Å². The van der Waals surface area contributed by atoms with Crippen LogP contribution in [0.3, 0.4) is 0 Å². The molecule has 0 radical (unpaired) electrons. The zero-order valence-electron chi connectivity index (χ0n) is 9.51. The molecule has 0 amide bonds. The second kappa shape index (κ2) is 3.97. The molecule has 4 aromatic rings. The number of nitrogens with zero attached hydrogens (tertiary/aromatic N) is 3. The van der Waals surface area contributed by atoms with Crippen molar-refractivity contribution in [1.29, 1.82) is 0 Å². The lowest BCUT2D eigenvalue weighted by Gasteiger charge is -1.90. The van der Waals surface area contributed by atoms with Crippen molar-refractivity contribution in [2.75, 3.05) is 0 Å². The highest BCUT2D eigenvalue weighted by Crippen LogP contribution is 2.29. The zero-order valence-corrected chi connectivity index (χ0v) is 11.1. The Morgan fingerprint density at radius 3 is 3.11 bits per heavy atom. The van der Waals surface area contributed by atoms with Gasteiger partial charge in [0.05, 0.1) is 16.4 Å². The minimum absolute atomic E-state index is 0.216. The number of hydrogen-bond acceptors (Lipinski definition) is 6. The van der Waals surface area contributed by atoms with E-state index in [4.69, 9.17) is 0 Å². The molecule has 4 heterocycles. The van der Waals surface area contributed by atoms with Gasteiger partial charge in [0.1, 0.15) is 16.2 Å². The van der Waals surface area contributed by atoms with E-state index in [1.54, 1.807) is 28.9 Å². The summed E-state index contributed by atoms with van der Waals surface area (Å²) < 4.78 is 0.980. The van der Waals surface area contributed by atoms with E-state index in [0.717, 1.165) is 27.2 Å². The van der Waals surface area contributed by atoms with E-state index in [0.29, 0.717) is 5.52 Å². The molecular weight excluding hydrogens is 282 g/mol. The molecule has 0 saturated heterocycles. The predicted octanol–water partition coefficient (Wildman–Crippen LogP) is 1.91. The van der Waals surface area contributed by atoms with Gasteiger partial charge in [-0.15, -0.1) is 22.7 Å². The smallest absolute Gasteiger partial charge is 0.288 e. The van der Waals surface area contributed by atoms with E-state index in [9.17, 15) is 4.79 Å².